The molecule has 1 aliphatic heterocycles. The van der Waals surface area contributed by atoms with E-state index in [1.54, 1.807) is 0 Å². The fourth-order valence-corrected chi connectivity index (χ4v) is 2.22. The van der Waals surface area contributed by atoms with Crippen LogP contribution >= 0.6 is 0 Å². The van der Waals surface area contributed by atoms with E-state index in [2.05, 4.69) is 46.2 Å². The number of likely N-dealkylation sites (N-methyl/N-ethyl adjacent to an activating group) is 1. The molecule has 1 aromatic heterocycles. The lowest BCUT2D eigenvalue weighted by Gasteiger charge is -2.33. The van der Waals surface area contributed by atoms with Crippen LogP contribution in [0.3, 0.4) is 0 Å². The molecule has 2 rings (SSSR count). The summed E-state index contributed by atoms with van der Waals surface area (Å²) in [6.45, 7) is 7.37. The minimum Gasteiger partial charge on any atom is -0.354 e. The Labute approximate surface area is 104 Å². The summed E-state index contributed by atoms with van der Waals surface area (Å²) >= 11 is 0. The monoisotopic (exact) mass is 234 g/mol. The maximum absolute atomic E-state index is 4.64. The van der Waals surface area contributed by atoms with Crippen LogP contribution in [0.4, 0.5) is 5.82 Å². The van der Waals surface area contributed by atoms with Crippen molar-refractivity contribution < 1.29 is 0 Å². The Bertz CT molecular complexity index is 370. The maximum atomic E-state index is 4.64. The van der Waals surface area contributed by atoms with Crippen LogP contribution in [0.2, 0.25) is 0 Å². The summed E-state index contributed by atoms with van der Waals surface area (Å²) in [7, 11) is 4.15. The van der Waals surface area contributed by atoms with Gasteiger partial charge in [-0.3, -0.25) is 0 Å². The predicted octanol–water partition coefficient (Wildman–Crippen LogP) is 0.861. The van der Waals surface area contributed by atoms with Gasteiger partial charge in [-0.25, -0.2) is 4.98 Å². The van der Waals surface area contributed by atoms with Gasteiger partial charge in [0.2, 0.25) is 0 Å². The third-order valence-corrected chi connectivity index (χ3v) is 3.21. The van der Waals surface area contributed by atoms with Gasteiger partial charge in [-0.2, -0.15) is 0 Å². The van der Waals surface area contributed by atoms with Crippen LogP contribution in [0, 0.1) is 6.92 Å². The summed E-state index contributed by atoms with van der Waals surface area (Å²) in [4.78, 5) is 9.39. The molecule has 0 atom stereocenters. The Balaban J connectivity index is 2.14. The van der Waals surface area contributed by atoms with E-state index in [1.807, 2.05) is 7.05 Å². The average molecular weight is 234 g/mol. The molecule has 17 heavy (non-hydrogen) atoms. The molecule has 0 radical (unpaired) electrons. The van der Waals surface area contributed by atoms with Gasteiger partial charge in [-0.1, -0.05) is 0 Å². The van der Waals surface area contributed by atoms with Crippen molar-refractivity contribution in [1.82, 2.24) is 15.2 Å². The lowest BCUT2D eigenvalue weighted by molar-refractivity contribution is 0.312. The molecule has 4 heteroatoms. The second kappa shape index (κ2) is 5.47. The first-order chi connectivity index (χ1) is 8.19. The second-order valence-electron chi connectivity index (χ2n) is 4.80. The van der Waals surface area contributed by atoms with E-state index in [0.29, 0.717) is 0 Å². The molecule has 0 spiro atoms. The van der Waals surface area contributed by atoms with Gasteiger partial charge in [0.15, 0.2) is 0 Å². The highest BCUT2D eigenvalue weighted by Crippen LogP contribution is 2.16. The van der Waals surface area contributed by atoms with Crippen LogP contribution in [0.15, 0.2) is 12.1 Å². The van der Waals surface area contributed by atoms with E-state index >= 15 is 0 Å². The summed E-state index contributed by atoms with van der Waals surface area (Å²) in [5, 5.41) is 3.19. The molecule has 1 aromatic rings. The Morgan fingerprint density at radius 3 is 2.59 bits per heavy atom. The van der Waals surface area contributed by atoms with Gasteiger partial charge in [-0.15, -0.1) is 0 Å². The summed E-state index contributed by atoms with van der Waals surface area (Å²) in [6.07, 6.45) is 0. The van der Waals surface area contributed by atoms with Crippen molar-refractivity contribution in [3.05, 3.63) is 23.4 Å². The standard InChI is InChI=1S/C13H22N4/c1-11-8-12(10-14-2)9-13(15-11)17-6-4-16(3)5-7-17/h8-9,14H,4-7,10H2,1-3H3. The van der Waals surface area contributed by atoms with Crippen molar-refractivity contribution in [3.63, 3.8) is 0 Å². The molecule has 0 saturated carbocycles. The third-order valence-electron chi connectivity index (χ3n) is 3.21. The number of nitrogens with one attached hydrogen (secondary N) is 1. The van der Waals surface area contributed by atoms with Crippen LogP contribution in [-0.2, 0) is 6.54 Å². The Kier molecular flexibility index (Phi) is 3.97. The molecule has 0 amide bonds. The normalized spacial score (nSPS) is 17.5. The lowest BCUT2D eigenvalue weighted by Crippen LogP contribution is -2.44. The third kappa shape index (κ3) is 3.17. The number of anilines is 1. The van der Waals surface area contributed by atoms with E-state index in [4.69, 9.17) is 0 Å². The Morgan fingerprint density at radius 1 is 1.24 bits per heavy atom. The number of aromatic nitrogens is 1. The molecule has 4 nitrogen and oxygen atoms in total. The van der Waals surface area contributed by atoms with Gasteiger partial charge in [0, 0.05) is 38.4 Å². The lowest BCUT2D eigenvalue weighted by atomic mass is 10.2. The van der Waals surface area contributed by atoms with E-state index in [-0.39, 0.29) is 0 Å². The van der Waals surface area contributed by atoms with Gasteiger partial charge in [0.25, 0.3) is 0 Å². The first-order valence-electron chi connectivity index (χ1n) is 6.24. The number of pyridine rings is 1. The molecular formula is C13H22N4. The van der Waals surface area contributed by atoms with Crippen LogP contribution in [0.1, 0.15) is 11.3 Å². The van der Waals surface area contributed by atoms with Gasteiger partial charge in [-0.05, 0) is 38.7 Å². The molecule has 0 aromatic carbocycles. The number of rotatable bonds is 3. The zero-order valence-corrected chi connectivity index (χ0v) is 11.0. The Hall–Kier alpha value is -1.13. The van der Waals surface area contributed by atoms with E-state index in [1.165, 1.54) is 5.56 Å². The molecule has 0 bridgehead atoms. The first-order valence-corrected chi connectivity index (χ1v) is 6.24. The highest BCUT2D eigenvalue weighted by molar-refractivity contribution is 5.43. The number of hydrogen-bond acceptors (Lipinski definition) is 4. The highest BCUT2D eigenvalue weighted by Gasteiger charge is 2.15. The van der Waals surface area contributed by atoms with Gasteiger partial charge in [0.05, 0.1) is 0 Å². The summed E-state index contributed by atoms with van der Waals surface area (Å²) in [5.41, 5.74) is 2.42. The second-order valence-corrected chi connectivity index (χ2v) is 4.80. The smallest absolute Gasteiger partial charge is 0.129 e. The number of aryl methyl sites for hydroxylation is 1. The molecule has 0 aliphatic carbocycles. The number of hydrogen-bond donors (Lipinski definition) is 1. The minimum absolute atomic E-state index is 0.907. The Morgan fingerprint density at radius 2 is 1.94 bits per heavy atom. The fourth-order valence-electron chi connectivity index (χ4n) is 2.22. The van der Waals surface area contributed by atoms with Crippen LogP contribution in [0.5, 0.6) is 0 Å². The molecule has 94 valence electrons. The van der Waals surface area contributed by atoms with Crippen molar-refractivity contribution in [2.75, 3.05) is 45.2 Å². The largest absolute Gasteiger partial charge is 0.354 e. The average Bonchev–Trinajstić information content (AvgIpc) is 2.29. The number of nitrogens with zero attached hydrogens (tertiary/aromatic N) is 3. The fraction of sp³-hybridized carbons (Fsp3) is 0.615. The van der Waals surface area contributed by atoms with Gasteiger partial charge < -0.3 is 15.1 Å². The van der Waals surface area contributed by atoms with Crippen molar-refractivity contribution in [1.29, 1.82) is 0 Å². The predicted molar refractivity (Wildman–Crippen MR) is 71.4 cm³/mol. The van der Waals surface area contributed by atoms with Crippen LogP contribution < -0.4 is 10.2 Å². The maximum Gasteiger partial charge on any atom is 0.129 e. The SMILES string of the molecule is CNCc1cc(C)nc(N2CCN(C)CC2)c1. The van der Waals surface area contributed by atoms with E-state index in [9.17, 15) is 0 Å². The van der Waals surface area contributed by atoms with Gasteiger partial charge in [0.1, 0.15) is 5.82 Å². The molecular weight excluding hydrogens is 212 g/mol. The molecule has 1 N–H and O–H groups in total. The quantitative estimate of drug-likeness (QED) is 0.840. The van der Waals surface area contributed by atoms with Crippen molar-refractivity contribution >= 4 is 5.82 Å². The van der Waals surface area contributed by atoms with Crippen molar-refractivity contribution in [3.8, 4) is 0 Å². The van der Waals surface area contributed by atoms with Crippen LogP contribution in [-0.4, -0.2) is 50.2 Å². The molecule has 0 unspecified atom stereocenters. The van der Waals surface area contributed by atoms with Crippen LogP contribution in [0.25, 0.3) is 0 Å². The molecule has 1 aliphatic rings. The summed E-state index contributed by atoms with van der Waals surface area (Å²) in [5.74, 6) is 1.13. The van der Waals surface area contributed by atoms with Crippen molar-refractivity contribution in [2.24, 2.45) is 0 Å². The molecule has 2 heterocycles. The topological polar surface area (TPSA) is 31.4 Å². The molecule has 1 saturated heterocycles. The highest BCUT2D eigenvalue weighted by atomic mass is 15.3. The first kappa shape index (κ1) is 12.3. The van der Waals surface area contributed by atoms with E-state index in [0.717, 1.165) is 44.2 Å². The minimum atomic E-state index is 0.907. The zero-order chi connectivity index (χ0) is 12.3. The molecule has 1 fully saturated rings. The number of piperazine rings is 1. The van der Waals surface area contributed by atoms with Gasteiger partial charge >= 0.3 is 0 Å². The van der Waals surface area contributed by atoms with E-state index < -0.39 is 0 Å². The van der Waals surface area contributed by atoms with Crippen molar-refractivity contribution in [2.45, 2.75) is 13.5 Å². The zero-order valence-electron chi connectivity index (χ0n) is 11.0. The summed E-state index contributed by atoms with van der Waals surface area (Å²) < 4.78 is 0. The summed E-state index contributed by atoms with van der Waals surface area (Å²) in [6, 6.07) is 4.35.